The third-order valence-electron chi connectivity index (χ3n) is 3.75. The number of carbonyl (C=O) groups is 1. The lowest BCUT2D eigenvalue weighted by Gasteiger charge is -2.18. The number of benzene rings is 1. The molecule has 1 saturated heterocycles. The number of urea groups is 1. The van der Waals surface area contributed by atoms with Crippen molar-refractivity contribution >= 4 is 34.9 Å². The summed E-state index contributed by atoms with van der Waals surface area (Å²) in [6.45, 7) is 3.06. The van der Waals surface area contributed by atoms with Crippen molar-refractivity contribution in [3.05, 3.63) is 52.1 Å². The minimum atomic E-state index is -0.184. The molecule has 1 atom stereocenters. The highest BCUT2D eigenvalue weighted by atomic mass is 35.5. The van der Waals surface area contributed by atoms with Crippen molar-refractivity contribution in [2.24, 2.45) is 0 Å². The lowest BCUT2D eigenvalue weighted by Crippen LogP contribution is -2.34. The molecule has 0 saturated carbocycles. The molecule has 1 unspecified atom stereocenters. The third-order valence-corrected chi connectivity index (χ3v) is 4.49. The number of carbonyl (C=O) groups excluding carboxylic acids is 1. The minimum absolute atomic E-state index is 0.0566. The molecule has 126 valence electrons. The van der Waals surface area contributed by atoms with Gasteiger partial charge >= 0.3 is 6.03 Å². The molecule has 7 heteroatoms. The monoisotopic (exact) mass is 365 g/mol. The Morgan fingerprint density at radius 1 is 1.29 bits per heavy atom. The largest absolute Gasteiger partial charge is 0.472 e. The first-order valence-electron chi connectivity index (χ1n) is 7.62. The van der Waals surface area contributed by atoms with E-state index in [0.717, 1.165) is 12.1 Å². The molecule has 1 aliphatic heterocycles. The molecule has 24 heavy (non-hydrogen) atoms. The number of ether oxygens (including phenoxy) is 1. The predicted molar refractivity (Wildman–Crippen MR) is 95.1 cm³/mol. The van der Waals surface area contributed by atoms with Crippen LogP contribution in [0.4, 0.5) is 10.5 Å². The van der Waals surface area contributed by atoms with Crippen molar-refractivity contribution in [3.63, 3.8) is 0 Å². The van der Waals surface area contributed by atoms with Crippen LogP contribution in [0.3, 0.4) is 0 Å². The zero-order valence-electron chi connectivity index (χ0n) is 13.1. The van der Waals surface area contributed by atoms with E-state index in [1.54, 1.807) is 23.1 Å². The molecule has 1 N–H and O–H groups in total. The van der Waals surface area contributed by atoms with Gasteiger partial charge in [0.2, 0.25) is 5.88 Å². The smallest absolute Gasteiger partial charge is 0.321 e. The van der Waals surface area contributed by atoms with Crippen LogP contribution in [0.2, 0.25) is 10.0 Å². The fourth-order valence-electron chi connectivity index (χ4n) is 2.54. The molecular formula is C17H17Cl2N3O2. The van der Waals surface area contributed by atoms with Gasteiger partial charge in [0.25, 0.3) is 0 Å². The normalized spacial score (nSPS) is 17.0. The summed E-state index contributed by atoms with van der Waals surface area (Å²) >= 11 is 11.8. The van der Waals surface area contributed by atoms with Crippen LogP contribution in [0.5, 0.6) is 5.88 Å². The summed E-state index contributed by atoms with van der Waals surface area (Å²) < 4.78 is 5.85. The molecule has 0 aliphatic carbocycles. The number of anilines is 1. The Hall–Kier alpha value is -1.98. The first-order valence-corrected chi connectivity index (χ1v) is 8.38. The molecule has 3 rings (SSSR count). The van der Waals surface area contributed by atoms with Crippen LogP contribution in [0, 0.1) is 6.92 Å². The van der Waals surface area contributed by atoms with Crippen LogP contribution in [0.1, 0.15) is 12.1 Å². The third kappa shape index (κ3) is 4.10. The summed E-state index contributed by atoms with van der Waals surface area (Å²) in [6.07, 6.45) is 0.712. The van der Waals surface area contributed by atoms with E-state index in [1.807, 2.05) is 25.1 Å². The Labute approximate surface area is 150 Å². The standard InChI is InChI=1S/C17H17Cl2N3O2/c1-11-3-2-4-16(20-11)24-13-7-8-22(10-13)17(23)21-12-5-6-14(18)15(19)9-12/h2-6,9,13H,7-8,10H2,1H3,(H,21,23). The number of amides is 2. The van der Waals surface area contributed by atoms with Crippen molar-refractivity contribution in [2.75, 3.05) is 18.4 Å². The van der Waals surface area contributed by atoms with E-state index in [4.69, 9.17) is 27.9 Å². The van der Waals surface area contributed by atoms with Gasteiger partial charge in [-0.25, -0.2) is 9.78 Å². The number of aromatic nitrogens is 1. The molecule has 2 amide bonds. The van der Waals surface area contributed by atoms with Gasteiger partial charge in [0.15, 0.2) is 0 Å². The highest BCUT2D eigenvalue weighted by Gasteiger charge is 2.28. The molecule has 5 nitrogen and oxygen atoms in total. The number of hydrogen-bond donors (Lipinski definition) is 1. The molecule has 1 fully saturated rings. The van der Waals surface area contributed by atoms with E-state index in [-0.39, 0.29) is 12.1 Å². The number of rotatable bonds is 3. The van der Waals surface area contributed by atoms with Crippen LogP contribution < -0.4 is 10.1 Å². The summed E-state index contributed by atoms with van der Waals surface area (Å²) in [5.74, 6) is 0.590. The SMILES string of the molecule is Cc1cccc(OC2CCN(C(=O)Nc3ccc(Cl)c(Cl)c3)C2)n1. The second-order valence-electron chi connectivity index (χ2n) is 5.65. The van der Waals surface area contributed by atoms with Crippen LogP contribution in [-0.4, -0.2) is 35.1 Å². The van der Waals surface area contributed by atoms with Gasteiger partial charge in [0.1, 0.15) is 6.10 Å². The number of nitrogens with one attached hydrogen (secondary N) is 1. The van der Waals surface area contributed by atoms with E-state index in [2.05, 4.69) is 10.3 Å². The summed E-state index contributed by atoms with van der Waals surface area (Å²) in [5, 5.41) is 3.68. The zero-order valence-corrected chi connectivity index (χ0v) is 14.6. The van der Waals surface area contributed by atoms with Gasteiger partial charge in [-0.2, -0.15) is 0 Å². The number of likely N-dealkylation sites (tertiary alicyclic amines) is 1. The Bertz CT molecular complexity index is 754. The number of pyridine rings is 1. The second kappa shape index (κ2) is 7.28. The Morgan fingerprint density at radius 2 is 2.12 bits per heavy atom. The second-order valence-corrected chi connectivity index (χ2v) is 6.47. The number of hydrogen-bond acceptors (Lipinski definition) is 3. The Balaban J connectivity index is 1.56. The molecule has 2 aromatic rings. The van der Waals surface area contributed by atoms with Gasteiger partial charge in [0, 0.05) is 30.4 Å². The lowest BCUT2D eigenvalue weighted by molar-refractivity contribution is 0.189. The first kappa shape index (κ1) is 16.9. The highest BCUT2D eigenvalue weighted by Crippen LogP contribution is 2.25. The minimum Gasteiger partial charge on any atom is -0.472 e. The maximum Gasteiger partial charge on any atom is 0.321 e. The summed E-state index contributed by atoms with van der Waals surface area (Å²) in [4.78, 5) is 18.4. The Kier molecular flexibility index (Phi) is 5.11. The van der Waals surface area contributed by atoms with Crippen molar-refractivity contribution in [1.29, 1.82) is 0 Å². The topological polar surface area (TPSA) is 54.5 Å². The molecule has 1 aliphatic rings. The van der Waals surface area contributed by atoms with Crippen molar-refractivity contribution in [2.45, 2.75) is 19.4 Å². The summed E-state index contributed by atoms with van der Waals surface area (Å²) in [7, 11) is 0. The van der Waals surface area contributed by atoms with Gasteiger partial charge in [0.05, 0.1) is 16.6 Å². The average molecular weight is 366 g/mol. The molecule has 2 heterocycles. The maximum atomic E-state index is 12.3. The molecular weight excluding hydrogens is 349 g/mol. The van der Waals surface area contributed by atoms with Gasteiger partial charge in [-0.1, -0.05) is 29.3 Å². The van der Waals surface area contributed by atoms with E-state index < -0.39 is 0 Å². The number of halogens is 2. The van der Waals surface area contributed by atoms with E-state index >= 15 is 0 Å². The molecule has 0 spiro atoms. The van der Waals surface area contributed by atoms with Crippen LogP contribution in [0.15, 0.2) is 36.4 Å². The first-order chi connectivity index (χ1) is 11.5. The Morgan fingerprint density at radius 3 is 2.88 bits per heavy atom. The van der Waals surface area contributed by atoms with Crippen molar-refractivity contribution < 1.29 is 9.53 Å². The van der Waals surface area contributed by atoms with Crippen molar-refractivity contribution in [3.8, 4) is 5.88 Å². The van der Waals surface area contributed by atoms with E-state index in [1.165, 1.54) is 0 Å². The quantitative estimate of drug-likeness (QED) is 0.877. The maximum absolute atomic E-state index is 12.3. The summed E-state index contributed by atoms with van der Waals surface area (Å²) in [5.41, 5.74) is 1.51. The van der Waals surface area contributed by atoms with E-state index in [0.29, 0.717) is 34.7 Å². The van der Waals surface area contributed by atoms with Crippen molar-refractivity contribution in [1.82, 2.24) is 9.88 Å². The van der Waals surface area contributed by atoms with Gasteiger partial charge in [-0.05, 0) is 31.2 Å². The molecule has 0 radical (unpaired) electrons. The number of nitrogens with zero attached hydrogens (tertiary/aromatic N) is 2. The van der Waals surface area contributed by atoms with E-state index in [9.17, 15) is 4.79 Å². The molecule has 1 aromatic heterocycles. The van der Waals surface area contributed by atoms with Gasteiger partial charge < -0.3 is 15.0 Å². The summed E-state index contributed by atoms with van der Waals surface area (Å²) in [6, 6.07) is 10.5. The average Bonchev–Trinajstić information content (AvgIpc) is 2.99. The molecule has 0 bridgehead atoms. The van der Waals surface area contributed by atoms with Crippen LogP contribution >= 0.6 is 23.2 Å². The fourth-order valence-corrected chi connectivity index (χ4v) is 2.84. The van der Waals surface area contributed by atoms with Gasteiger partial charge in [-0.15, -0.1) is 0 Å². The van der Waals surface area contributed by atoms with Crippen LogP contribution in [-0.2, 0) is 0 Å². The lowest BCUT2D eigenvalue weighted by atomic mass is 10.3. The fraction of sp³-hybridized carbons (Fsp3) is 0.294. The predicted octanol–water partition coefficient (Wildman–Crippen LogP) is 4.38. The number of aryl methyl sites for hydroxylation is 1. The van der Waals surface area contributed by atoms with Gasteiger partial charge in [-0.3, -0.25) is 0 Å². The highest BCUT2D eigenvalue weighted by molar-refractivity contribution is 6.42. The molecule has 1 aromatic carbocycles. The van der Waals surface area contributed by atoms with Crippen LogP contribution in [0.25, 0.3) is 0 Å². The zero-order chi connectivity index (χ0) is 17.1.